The quantitative estimate of drug-likeness (QED) is 0.898. The average Bonchev–Trinajstić information content (AvgIpc) is 3.12. The van der Waals surface area contributed by atoms with Crippen molar-refractivity contribution in [3.05, 3.63) is 41.7 Å². The van der Waals surface area contributed by atoms with E-state index in [4.69, 9.17) is 9.66 Å². The third-order valence-electron chi connectivity index (χ3n) is 4.16. The highest BCUT2D eigenvalue weighted by atomic mass is 32.2. The van der Waals surface area contributed by atoms with Crippen LogP contribution in [0.1, 0.15) is 22.5 Å². The number of aromatic nitrogens is 1. The van der Waals surface area contributed by atoms with Crippen molar-refractivity contribution in [2.45, 2.75) is 13.3 Å². The van der Waals surface area contributed by atoms with Gasteiger partial charge in [0.2, 0.25) is 10.0 Å². The number of aryl methyl sites for hydroxylation is 1. The van der Waals surface area contributed by atoms with Gasteiger partial charge in [-0.1, -0.05) is 35.5 Å². The molecule has 0 bridgehead atoms. The molecule has 3 rings (SSSR count). The Morgan fingerprint density at radius 3 is 2.75 bits per heavy atom. The Kier molecular flexibility index (Phi) is 4.42. The highest BCUT2D eigenvalue weighted by molar-refractivity contribution is 7.89. The fourth-order valence-corrected chi connectivity index (χ4v) is 3.99. The number of benzene rings is 1. The second-order valence-electron chi connectivity index (χ2n) is 6.06. The van der Waals surface area contributed by atoms with Gasteiger partial charge in [-0.15, -0.1) is 0 Å². The van der Waals surface area contributed by atoms with Crippen molar-refractivity contribution < 1.29 is 17.7 Å². The standard InChI is InChI=1S/C16H19N3O4S/c1-11-14(15(18-23-11)13-5-3-2-4-6-13)16(20)19-8-7-12(9-19)10-24(17,21)22/h2-6,12H,7-10H2,1H3,(H2,17,21,22). The number of primary sulfonamides is 1. The van der Waals surface area contributed by atoms with E-state index in [9.17, 15) is 13.2 Å². The fourth-order valence-electron chi connectivity index (χ4n) is 3.06. The molecule has 2 N–H and O–H groups in total. The molecule has 1 aromatic heterocycles. The van der Waals surface area contributed by atoms with Gasteiger partial charge in [0, 0.05) is 18.7 Å². The Morgan fingerprint density at radius 1 is 1.38 bits per heavy atom. The van der Waals surface area contributed by atoms with Crippen molar-refractivity contribution in [2.24, 2.45) is 11.1 Å². The zero-order valence-electron chi connectivity index (χ0n) is 13.3. The minimum Gasteiger partial charge on any atom is -0.360 e. The van der Waals surface area contributed by atoms with Crippen molar-refractivity contribution in [2.75, 3.05) is 18.8 Å². The molecular formula is C16H19N3O4S. The molecule has 0 saturated carbocycles. The number of rotatable bonds is 4. The number of hydrogen-bond donors (Lipinski definition) is 1. The highest BCUT2D eigenvalue weighted by Crippen LogP contribution is 2.28. The molecule has 0 spiro atoms. The van der Waals surface area contributed by atoms with Crippen LogP contribution in [0.2, 0.25) is 0 Å². The van der Waals surface area contributed by atoms with Crippen molar-refractivity contribution in [1.82, 2.24) is 10.1 Å². The summed E-state index contributed by atoms with van der Waals surface area (Å²) in [6.07, 6.45) is 0.618. The number of hydrogen-bond acceptors (Lipinski definition) is 5. The molecule has 1 aromatic carbocycles. The monoisotopic (exact) mass is 349 g/mol. The lowest BCUT2D eigenvalue weighted by Crippen LogP contribution is -2.31. The maximum absolute atomic E-state index is 12.9. The summed E-state index contributed by atoms with van der Waals surface area (Å²) in [5.74, 6) is 0.0212. The summed E-state index contributed by atoms with van der Waals surface area (Å²) >= 11 is 0. The molecule has 0 radical (unpaired) electrons. The van der Waals surface area contributed by atoms with Gasteiger partial charge in [-0.3, -0.25) is 4.79 Å². The number of carbonyl (C=O) groups is 1. The number of likely N-dealkylation sites (tertiary alicyclic amines) is 1. The highest BCUT2D eigenvalue weighted by Gasteiger charge is 2.32. The van der Waals surface area contributed by atoms with Gasteiger partial charge < -0.3 is 9.42 Å². The van der Waals surface area contributed by atoms with Crippen LogP contribution in [0.4, 0.5) is 0 Å². The van der Waals surface area contributed by atoms with Crippen molar-refractivity contribution in [3.63, 3.8) is 0 Å². The zero-order valence-corrected chi connectivity index (χ0v) is 14.1. The summed E-state index contributed by atoms with van der Waals surface area (Å²) < 4.78 is 27.7. The predicted molar refractivity (Wildman–Crippen MR) is 88.7 cm³/mol. The Morgan fingerprint density at radius 2 is 2.08 bits per heavy atom. The first-order chi connectivity index (χ1) is 11.3. The van der Waals surface area contributed by atoms with E-state index in [1.807, 2.05) is 30.3 Å². The Balaban J connectivity index is 1.83. The summed E-state index contributed by atoms with van der Waals surface area (Å²) in [5.41, 5.74) is 1.74. The molecule has 7 nitrogen and oxygen atoms in total. The van der Waals surface area contributed by atoms with Gasteiger partial charge in [0.05, 0.1) is 5.75 Å². The van der Waals surface area contributed by atoms with Crippen LogP contribution >= 0.6 is 0 Å². The molecule has 1 aliphatic rings. The summed E-state index contributed by atoms with van der Waals surface area (Å²) in [6.45, 7) is 2.57. The number of amides is 1. The fraction of sp³-hybridized carbons (Fsp3) is 0.375. The largest absolute Gasteiger partial charge is 0.360 e. The Labute approximate surface area is 140 Å². The maximum Gasteiger partial charge on any atom is 0.259 e. The molecular weight excluding hydrogens is 330 g/mol. The van der Waals surface area contributed by atoms with E-state index >= 15 is 0 Å². The first-order valence-corrected chi connectivity index (χ1v) is 9.38. The van der Waals surface area contributed by atoms with E-state index in [2.05, 4.69) is 5.16 Å². The smallest absolute Gasteiger partial charge is 0.259 e. The zero-order chi connectivity index (χ0) is 17.3. The molecule has 1 atom stereocenters. The lowest BCUT2D eigenvalue weighted by atomic mass is 10.1. The molecule has 1 aliphatic heterocycles. The molecule has 1 saturated heterocycles. The van der Waals surface area contributed by atoms with Gasteiger partial charge >= 0.3 is 0 Å². The normalized spacial score (nSPS) is 18.1. The number of nitrogens with two attached hydrogens (primary N) is 1. The van der Waals surface area contributed by atoms with Crippen LogP contribution in [0.15, 0.2) is 34.9 Å². The molecule has 2 aromatic rings. The molecule has 128 valence electrons. The first-order valence-electron chi connectivity index (χ1n) is 7.66. The SMILES string of the molecule is Cc1onc(-c2ccccc2)c1C(=O)N1CCC(CS(N)(=O)=O)C1. The number of carbonyl (C=O) groups excluding carboxylic acids is 1. The molecule has 0 aliphatic carbocycles. The molecule has 1 amide bonds. The topological polar surface area (TPSA) is 106 Å². The Hall–Kier alpha value is -2.19. The minimum absolute atomic E-state index is 0.106. The third kappa shape index (κ3) is 3.49. The lowest BCUT2D eigenvalue weighted by Gasteiger charge is -2.16. The van der Waals surface area contributed by atoms with E-state index in [0.717, 1.165) is 5.56 Å². The summed E-state index contributed by atoms with van der Waals surface area (Å²) in [4.78, 5) is 14.5. The van der Waals surface area contributed by atoms with Crippen molar-refractivity contribution in [3.8, 4) is 11.3 Å². The van der Waals surface area contributed by atoms with E-state index in [0.29, 0.717) is 36.5 Å². The van der Waals surface area contributed by atoms with Crippen LogP contribution < -0.4 is 5.14 Å². The van der Waals surface area contributed by atoms with E-state index in [1.54, 1.807) is 11.8 Å². The molecule has 8 heteroatoms. The number of sulfonamides is 1. The van der Waals surface area contributed by atoms with Crippen molar-refractivity contribution >= 4 is 15.9 Å². The molecule has 1 unspecified atom stereocenters. The maximum atomic E-state index is 12.9. The average molecular weight is 349 g/mol. The lowest BCUT2D eigenvalue weighted by molar-refractivity contribution is 0.0787. The van der Waals surface area contributed by atoms with Gasteiger partial charge in [-0.05, 0) is 19.3 Å². The van der Waals surface area contributed by atoms with E-state index in [1.165, 1.54) is 0 Å². The van der Waals surface area contributed by atoms with E-state index in [-0.39, 0.29) is 17.6 Å². The second kappa shape index (κ2) is 6.37. The third-order valence-corrected chi connectivity index (χ3v) is 5.10. The molecule has 2 heterocycles. The van der Waals surface area contributed by atoms with Gasteiger partial charge in [0.25, 0.3) is 5.91 Å². The van der Waals surface area contributed by atoms with Gasteiger partial charge in [-0.25, -0.2) is 13.6 Å². The van der Waals surface area contributed by atoms with Crippen molar-refractivity contribution in [1.29, 1.82) is 0 Å². The molecule has 24 heavy (non-hydrogen) atoms. The summed E-state index contributed by atoms with van der Waals surface area (Å²) in [7, 11) is -3.54. The summed E-state index contributed by atoms with van der Waals surface area (Å²) in [5, 5.41) is 9.12. The van der Waals surface area contributed by atoms with Crippen LogP contribution in [-0.2, 0) is 10.0 Å². The van der Waals surface area contributed by atoms with Crippen LogP contribution in [0.3, 0.4) is 0 Å². The minimum atomic E-state index is -3.54. The summed E-state index contributed by atoms with van der Waals surface area (Å²) in [6, 6.07) is 9.34. The predicted octanol–water partition coefficient (Wildman–Crippen LogP) is 1.40. The van der Waals surface area contributed by atoms with Crippen LogP contribution in [0.5, 0.6) is 0 Å². The van der Waals surface area contributed by atoms with Crippen LogP contribution in [-0.4, -0.2) is 43.2 Å². The van der Waals surface area contributed by atoms with Gasteiger partial charge in [0.15, 0.2) is 0 Å². The van der Waals surface area contributed by atoms with Gasteiger partial charge in [-0.2, -0.15) is 0 Å². The van der Waals surface area contributed by atoms with Crippen LogP contribution in [0, 0.1) is 12.8 Å². The van der Waals surface area contributed by atoms with Gasteiger partial charge in [0.1, 0.15) is 17.0 Å². The first kappa shape index (κ1) is 16.7. The van der Waals surface area contributed by atoms with E-state index < -0.39 is 10.0 Å². The Bertz CT molecular complexity index is 845. The number of nitrogens with zero attached hydrogens (tertiary/aromatic N) is 2. The van der Waals surface area contributed by atoms with Crippen LogP contribution in [0.25, 0.3) is 11.3 Å². The second-order valence-corrected chi connectivity index (χ2v) is 7.72. The molecule has 1 fully saturated rings.